The minimum atomic E-state index is 0.800. The Morgan fingerprint density at radius 1 is 1.27 bits per heavy atom. The molecule has 0 aromatic rings. The molecule has 3 unspecified atom stereocenters. The van der Waals surface area contributed by atoms with E-state index in [4.69, 9.17) is 0 Å². The molecule has 2 aliphatic heterocycles. The van der Waals surface area contributed by atoms with Crippen molar-refractivity contribution >= 4 is 0 Å². The maximum Gasteiger partial charge on any atom is 0.0249 e. The van der Waals surface area contributed by atoms with Crippen LogP contribution in [0.4, 0.5) is 0 Å². The number of nitrogens with zero attached hydrogens (tertiary/aromatic N) is 1. The Kier molecular flexibility index (Phi) is 3.68. The minimum Gasteiger partial charge on any atom is -0.315 e. The SMILES string of the molecule is CC(C)C1CCCN1C1CNCCC1C. The normalized spacial score (nSPS) is 38.8. The van der Waals surface area contributed by atoms with Crippen LogP contribution < -0.4 is 5.32 Å². The number of hydrogen-bond acceptors (Lipinski definition) is 2. The first-order chi connectivity index (χ1) is 7.20. The van der Waals surface area contributed by atoms with Gasteiger partial charge in [-0.05, 0) is 44.2 Å². The summed E-state index contributed by atoms with van der Waals surface area (Å²) in [6, 6.07) is 1.64. The van der Waals surface area contributed by atoms with E-state index in [1.807, 2.05) is 0 Å². The molecule has 0 aromatic heterocycles. The van der Waals surface area contributed by atoms with E-state index in [1.54, 1.807) is 0 Å². The lowest BCUT2D eigenvalue weighted by Crippen LogP contribution is -2.53. The van der Waals surface area contributed by atoms with Crippen LogP contribution >= 0.6 is 0 Å². The number of piperidine rings is 1. The smallest absolute Gasteiger partial charge is 0.0249 e. The quantitative estimate of drug-likeness (QED) is 0.751. The molecule has 0 radical (unpaired) electrons. The van der Waals surface area contributed by atoms with Gasteiger partial charge in [-0.3, -0.25) is 4.90 Å². The van der Waals surface area contributed by atoms with Gasteiger partial charge >= 0.3 is 0 Å². The monoisotopic (exact) mass is 210 g/mol. The molecule has 1 N–H and O–H groups in total. The highest BCUT2D eigenvalue weighted by Gasteiger charge is 2.35. The van der Waals surface area contributed by atoms with E-state index in [9.17, 15) is 0 Å². The largest absolute Gasteiger partial charge is 0.315 e. The summed E-state index contributed by atoms with van der Waals surface area (Å²) in [4.78, 5) is 2.79. The third-order valence-corrected chi connectivity index (χ3v) is 4.32. The molecule has 2 rings (SSSR count). The van der Waals surface area contributed by atoms with Gasteiger partial charge in [-0.1, -0.05) is 20.8 Å². The highest BCUT2D eigenvalue weighted by molar-refractivity contribution is 4.91. The van der Waals surface area contributed by atoms with E-state index >= 15 is 0 Å². The van der Waals surface area contributed by atoms with Gasteiger partial charge in [0.25, 0.3) is 0 Å². The Morgan fingerprint density at radius 2 is 2.07 bits per heavy atom. The molecule has 0 aliphatic carbocycles. The second-order valence-electron chi connectivity index (χ2n) is 5.73. The molecule has 0 spiro atoms. The molecular weight excluding hydrogens is 184 g/mol. The lowest BCUT2D eigenvalue weighted by molar-refractivity contribution is 0.0895. The first-order valence-electron chi connectivity index (χ1n) is 6.66. The maximum atomic E-state index is 3.56. The van der Waals surface area contributed by atoms with E-state index in [0.717, 1.165) is 23.9 Å². The fourth-order valence-electron chi connectivity index (χ4n) is 3.36. The van der Waals surface area contributed by atoms with Gasteiger partial charge in [0.2, 0.25) is 0 Å². The summed E-state index contributed by atoms with van der Waals surface area (Å²) in [5.41, 5.74) is 0. The standard InChI is InChI=1S/C13H26N2/c1-10(2)12-5-4-8-15(12)13-9-14-7-6-11(13)3/h10-14H,4-9H2,1-3H3. The van der Waals surface area contributed by atoms with Crippen molar-refractivity contribution in [1.82, 2.24) is 10.2 Å². The highest BCUT2D eigenvalue weighted by Crippen LogP contribution is 2.30. The van der Waals surface area contributed by atoms with Crippen LogP contribution in [-0.2, 0) is 0 Å². The second kappa shape index (κ2) is 4.84. The maximum absolute atomic E-state index is 3.56. The molecule has 2 heteroatoms. The van der Waals surface area contributed by atoms with Crippen LogP contribution in [0.3, 0.4) is 0 Å². The Morgan fingerprint density at radius 3 is 2.73 bits per heavy atom. The second-order valence-corrected chi connectivity index (χ2v) is 5.73. The molecule has 2 fully saturated rings. The minimum absolute atomic E-state index is 0.800. The van der Waals surface area contributed by atoms with Crippen LogP contribution in [0.25, 0.3) is 0 Å². The summed E-state index contributed by atoms with van der Waals surface area (Å²) >= 11 is 0. The van der Waals surface area contributed by atoms with Gasteiger partial charge in [0.15, 0.2) is 0 Å². The summed E-state index contributed by atoms with van der Waals surface area (Å²) in [5.74, 6) is 1.70. The van der Waals surface area contributed by atoms with Gasteiger partial charge < -0.3 is 5.32 Å². The van der Waals surface area contributed by atoms with E-state index < -0.39 is 0 Å². The van der Waals surface area contributed by atoms with Crippen LogP contribution in [0, 0.1) is 11.8 Å². The highest BCUT2D eigenvalue weighted by atomic mass is 15.2. The van der Waals surface area contributed by atoms with Crippen molar-refractivity contribution < 1.29 is 0 Å². The molecule has 2 nitrogen and oxygen atoms in total. The summed E-state index contributed by atoms with van der Waals surface area (Å²) in [7, 11) is 0. The van der Waals surface area contributed by atoms with Gasteiger partial charge in [0.1, 0.15) is 0 Å². The first-order valence-corrected chi connectivity index (χ1v) is 6.66. The topological polar surface area (TPSA) is 15.3 Å². The van der Waals surface area contributed by atoms with Gasteiger partial charge in [-0.25, -0.2) is 0 Å². The molecule has 3 atom stereocenters. The van der Waals surface area contributed by atoms with Crippen LogP contribution in [0.15, 0.2) is 0 Å². The lowest BCUT2D eigenvalue weighted by atomic mass is 9.91. The molecule has 2 heterocycles. The predicted molar refractivity (Wildman–Crippen MR) is 65.0 cm³/mol. The van der Waals surface area contributed by atoms with Gasteiger partial charge in [0, 0.05) is 18.6 Å². The third kappa shape index (κ3) is 2.36. The van der Waals surface area contributed by atoms with E-state index in [1.165, 1.54) is 38.9 Å². The van der Waals surface area contributed by atoms with Gasteiger partial charge in [-0.15, -0.1) is 0 Å². The van der Waals surface area contributed by atoms with Gasteiger partial charge in [-0.2, -0.15) is 0 Å². The molecule has 0 amide bonds. The van der Waals surface area contributed by atoms with Crippen molar-refractivity contribution in [3.8, 4) is 0 Å². The average molecular weight is 210 g/mol. The number of rotatable bonds is 2. The van der Waals surface area contributed by atoms with Crippen molar-refractivity contribution in [3.05, 3.63) is 0 Å². The van der Waals surface area contributed by atoms with Crippen molar-refractivity contribution in [2.75, 3.05) is 19.6 Å². The zero-order valence-corrected chi connectivity index (χ0v) is 10.5. The Labute approximate surface area is 94.4 Å². The van der Waals surface area contributed by atoms with Crippen molar-refractivity contribution in [2.24, 2.45) is 11.8 Å². The predicted octanol–water partition coefficient (Wildman–Crippen LogP) is 2.10. The van der Waals surface area contributed by atoms with E-state index in [-0.39, 0.29) is 0 Å². The summed E-state index contributed by atoms with van der Waals surface area (Å²) in [6.07, 6.45) is 4.18. The molecule has 2 saturated heterocycles. The number of nitrogens with one attached hydrogen (secondary N) is 1. The van der Waals surface area contributed by atoms with Crippen LogP contribution in [-0.4, -0.2) is 36.6 Å². The molecule has 0 bridgehead atoms. The number of likely N-dealkylation sites (tertiary alicyclic amines) is 1. The summed E-state index contributed by atoms with van der Waals surface area (Å²) in [5, 5.41) is 3.56. The molecule has 88 valence electrons. The Bertz CT molecular complexity index is 203. The molecule has 15 heavy (non-hydrogen) atoms. The fraction of sp³-hybridized carbons (Fsp3) is 1.00. The number of hydrogen-bond donors (Lipinski definition) is 1. The van der Waals surface area contributed by atoms with E-state index in [2.05, 4.69) is 31.0 Å². The van der Waals surface area contributed by atoms with Crippen LogP contribution in [0.2, 0.25) is 0 Å². The lowest BCUT2D eigenvalue weighted by Gasteiger charge is -2.41. The fourth-order valence-corrected chi connectivity index (χ4v) is 3.36. The van der Waals surface area contributed by atoms with Gasteiger partial charge in [0.05, 0.1) is 0 Å². The Hall–Kier alpha value is -0.0800. The zero-order chi connectivity index (χ0) is 10.8. The zero-order valence-electron chi connectivity index (χ0n) is 10.5. The van der Waals surface area contributed by atoms with Crippen LogP contribution in [0.5, 0.6) is 0 Å². The summed E-state index contributed by atoms with van der Waals surface area (Å²) < 4.78 is 0. The molecule has 0 aromatic carbocycles. The first kappa shape index (κ1) is 11.4. The molecular formula is C13H26N2. The van der Waals surface area contributed by atoms with Crippen molar-refractivity contribution in [2.45, 2.75) is 52.1 Å². The third-order valence-electron chi connectivity index (χ3n) is 4.32. The molecule has 0 saturated carbocycles. The van der Waals surface area contributed by atoms with Crippen molar-refractivity contribution in [1.29, 1.82) is 0 Å². The average Bonchev–Trinajstić information content (AvgIpc) is 2.67. The van der Waals surface area contributed by atoms with Crippen molar-refractivity contribution in [3.63, 3.8) is 0 Å². The van der Waals surface area contributed by atoms with Crippen LogP contribution in [0.1, 0.15) is 40.0 Å². The Balaban J connectivity index is 2.01. The van der Waals surface area contributed by atoms with E-state index in [0.29, 0.717) is 0 Å². The summed E-state index contributed by atoms with van der Waals surface area (Å²) in [6.45, 7) is 11.0. The molecule has 2 aliphatic rings.